The van der Waals surface area contributed by atoms with Gasteiger partial charge in [-0.3, -0.25) is 5.21 Å². The molecule has 0 aliphatic heterocycles. The van der Waals surface area contributed by atoms with E-state index in [4.69, 9.17) is 16.6 Å². The second-order valence-electron chi connectivity index (χ2n) is 6.85. The van der Waals surface area contributed by atoms with Crippen LogP contribution in [0, 0.1) is 0 Å². The summed E-state index contributed by atoms with van der Waals surface area (Å²) in [5, 5.41) is 10.3. The number of furan rings is 1. The molecule has 3 aromatic rings. The Morgan fingerprint density at radius 2 is 1.77 bits per heavy atom. The Kier molecular flexibility index (Phi) is 7.36. The third-order valence-corrected chi connectivity index (χ3v) is 7.31. The standard InChI is InChI=1S/C22H23NO4S3/c1-23(24)22(28)29-14-6-9-20-21(17-7-4-3-5-8-17)19(15-27-20)16-10-12-18(13-11-16)30(2,25)26/h3-5,7-8,10-13,15,24H,6,9,14H2,1-2H3. The number of aryl methyl sites for hydroxylation is 1. The van der Waals surface area contributed by atoms with E-state index in [1.54, 1.807) is 18.4 Å². The van der Waals surface area contributed by atoms with Gasteiger partial charge in [0.1, 0.15) is 5.76 Å². The molecule has 0 amide bonds. The maximum atomic E-state index is 11.8. The molecular formula is C22H23NO4S3. The van der Waals surface area contributed by atoms with E-state index in [1.165, 1.54) is 25.1 Å². The van der Waals surface area contributed by atoms with Crippen molar-refractivity contribution >= 4 is 38.1 Å². The first-order valence-electron chi connectivity index (χ1n) is 9.33. The third-order valence-electron chi connectivity index (χ3n) is 4.56. The van der Waals surface area contributed by atoms with Crippen LogP contribution in [-0.2, 0) is 16.3 Å². The van der Waals surface area contributed by atoms with E-state index in [-0.39, 0.29) is 4.90 Å². The number of hydrogen-bond donors (Lipinski definition) is 1. The topological polar surface area (TPSA) is 70.8 Å². The van der Waals surface area contributed by atoms with Gasteiger partial charge in [0.05, 0.1) is 11.2 Å². The van der Waals surface area contributed by atoms with Crippen molar-refractivity contribution in [2.45, 2.75) is 17.7 Å². The molecule has 5 nitrogen and oxygen atoms in total. The van der Waals surface area contributed by atoms with E-state index >= 15 is 0 Å². The first kappa shape index (κ1) is 22.6. The maximum absolute atomic E-state index is 11.8. The van der Waals surface area contributed by atoms with Gasteiger partial charge in [0.2, 0.25) is 0 Å². The molecule has 1 heterocycles. The van der Waals surface area contributed by atoms with Crippen LogP contribution in [0.1, 0.15) is 12.2 Å². The maximum Gasteiger partial charge on any atom is 0.175 e. The quantitative estimate of drug-likeness (QED) is 0.291. The zero-order valence-corrected chi connectivity index (χ0v) is 19.2. The summed E-state index contributed by atoms with van der Waals surface area (Å²) in [6.07, 6.45) is 4.48. The Morgan fingerprint density at radius 1 is 1.10 bits per heavy atom. The summed E-state index contributed by atoms with van der Waals surface area (Å²) >= 11 is 6.51. The number of benzene rings is 2. The number of thioether (sulfide) groups is 1. The van der Waals surface area contributed by atoms with Crippen LogP contribution in [0.15, 0.2) is 70.2 Å². The highest BCUT2D eigenvalue weighted by atomic mass is 32.2. The van der Waals surface area contributed by atoms with E-state index < -0.39 is 9.84 Å². The van der Waals surface area contributed by atoms with Crippen LogP contribution in [0.5, 0.6) is 0 Å². The lowest BCUT2D eigenvalue weighted by Gasteiger charge is -2.10. The fraction of sp³-hybridized carbons (Fsp3) is 0.227. The van der Waals surface area contributed by atoms with Crippen molar-refractivity contribution in [1.29, 1.82) is 0 Å². The molecule has 0 fully saturated rings. The number of hydroxylamine groups is 2. The minimum absolute atomic E-state index is 0.290. The summed E-state index contributed by atoms with van der Waals surface area (Å²) < 4.78 is 29.9. The van der Waals surface area contributed by atoms with Gasteiger partial charge in [-0.1, -0.05) is 66.4 Å². The van der Waals surface area contributed by atoms with E-state index in [0.29, 0.717) is 4.32 Å². The second kappa shape index (κ2) is 9.78. The molecule has 8 heteroatoms. The molecule has 0 atom stereocenters. The molecule has 2 aromatic carbocycles. The van der Waals surface area contributed by atoms with Crippen molar-refractivity contribution in [1.82, 2.24) is 5.06 Å². The van der Waals surface area contributed by atoms with Gasteiger partial charge < -0.3 is 4.42 Å². The number of sulfone groups is 1. The Morgan fingerprint density at radius 3 is 2.37 bits per heavy atom. The van der Waals surface area contributed by atoms with E-state index in [2.05, 4.69) is 0 Å². The lowest BCUT2D eigenvalue weighted by molar-refractivity contribution is 0.0205. The van der Waals surface area contributed by atoms with Gasteiger partial charge >= 0.3 is 0 Å². The Hall–Kier alpha value is -2.13. The van der Waals surface area contributed by atoms with Crippen molar-refractivity contribution in [3.8, 4) is 22.3 Å². The van der Waals surface area contributed by atoms with Gasteiger partial charge in [-0.25, -0.2) is 13.5 Å². The number of rotatable bonds is 7. The largest absolute Gasteiger partial charge is 0.468 e. The fourth-order valence-electron chi connectivity index (χ4n) is 3.08. The molecule has 0 aliphatic rings. The Balaban J connectivity index is 1.88. The van der Waals surface area contributed by atoms with Crippen LogP contribution >= 0.6 is 24.0 Å². The lowest BCUT2D eigenvalue weighted by Crippen LogP contribution is -2.17. The van der Waals surface area contributed by atoms with Gasteiger partial charge in [0, 0.05) is 36.6 Å². The number of nitrogens with zero attached hydrogens (tertiary/aromatic N) is 1. The van der Waals surface area contributed by atoms with Crippen molar-refractivity contribution in [2.75, 3.05) is 19.1 Å². The predicted molar refractivity (Wildman–Crippen MR) is 126 cm³/mol. The summed E-state index contributed by atoms with van der Waals surface area (Å²) in [5.41, 5.74) is 3.87. The predicted octanol–water partition coefficient (Wildman–Crippen LogP) is 5.29. The molecule has 0 bridgehead atoms. The lowest BCUT2D eigenvalue weighted by atomic mass is 9.95. The van der Waals surface area contributed by atoms with Crippen LogP contribution in [-0.4, -0.2) is 42.1 Å². The van der Waals surface area contributed by atoms with Crippen molar-refractivity contribution < 1.29 is 18.0 Å². The molecule has 30 heavy (non-hydrogen) atoms. The normalized spacial score (nSPS) is 11.4. The molecule has 0 saturated carbocycles. The molecule has 0 radical (unpaired) electrons. The SMILES string of the molecule is CN(O)C(=S)SCCCc1occ(-c2ccc(S(C)(=O)=O)cc2)c1-c1ccccc1. The first-order valence-corrected chi connectivity index (χ1v) is 12.6. The monoisotopic (exact) mass is 461 g/mol. The molecular weight excluding hydrogens is 438 g/mol. The number of hydrogen-bond acceptors (Lipinski definition) is 6. The molecule has 1 aromatic heterocycles. The molecule has 0 saturated heterocycles. The van der Waals surface area contributed by atoms with Gasteiger partial charge in [0.25, 0.3) is 0 Å². The molecule has 3 rings (SSSR count). The summed E-state index contributed by atoms with van der Waals surface area (Å²) in [5.74, 6) is 1.63. The zero-order valence-electron chi connectivity index (χ0n) is 16.7. The fourth-order valence-corrected chi connectivity index (χ4v) is 4.61. The molecule has 0 aliphatic carbocycles. The van der Waals surface area contributed by atoms with Gasteiger partial charge in [-0.15, -0.1) is 0 Å². The van der Waals surface area contributed by atoms with Crippen LogP contribution in [0.4, 0.5) is 0 Å². The first-order chi connectivity index (χ1) is 14.3. The van der Waals surface area contributed by atoms with Crippen LogP contribution in [0.25, 0.3) is 22.3 Å². The van der Waals surface area contributed by atoms with Crippen molar-refractivity contribution in [3.05, 3.63) is 66.6 Å². The average molecular weight is 462 g/mol. The summed E-state index contributed by atoms with van der Waals surface area (Å²) in [6, 6.07) is 16.9. The zero-order chi connectivity index (χ0) is 21.7. The van der Waals surface area contributed by atoms with Crippen molar-refractivity contribution in [3.63, 3.8) is 0 Å². The average Bonchev–Trinajstić information content (AvgIpc) is 3.15. The van der Waals surface area contributed by atoms with E-state index in [1.807, 2.05) is 42.5 Å². The van der Waals surface area contributed by atoms with Gasteiger partial charge in [0.15, 0.2) is 14.2 Å². The summed E-state index contributed by atoms with van der Waals surface area (Å²) in [4.78, 5) is 0.290. The molecule has 0 unspecified atom stereocenters. The van der Waals surface area contributed by atoms with Gasteiger partial charge in [-0.05, 0) is 29.7 Å². The van der Waals surface area contributed by atoms with Gasteiger partial charge in [-0.2, -0.15) is 0 Å². The number of thiocarbonyl (C=S) groups is 1. The van der Waals surface area contributed by atoms with Crippen LogP contribution in [0.3, 0.4) is 0 Å². The van der Waals surface area contributed by atoms with E-state index in [0.717, 1.165) is 51.7 Å². The van der Waals surface area contributed by atoms with Crippen molar-refractivity contribution in [2.24, 2.45) is 0 Å². The minimum Gasteiger partial charge on any atom is -0.468 e. The Labute approximate surface area is 186 Å². The smallest absolute Gasteiger partial charge is 0.175 e. The van der Waals surface area contributed by atoms with E-state index in [9.17, 15) is 13.6 Å². The van der Waals surface area contributed by atoms with Crippen LogP contribution < -0.4 is 0 Å². The highest BCUT2D eigenvalue weighted by molar-refractivity contribution is 8.22. The molecule has 1 N–H and O–H groups in total. The summed E-state index contributed by atoms with van der Waals surface area (Å²) in [6.45, 7) is 0. The van der Waals surface area contributed by atoms with Crippen LogP contribution in [0.2, 0.25) is 0 Å². The Bertz CT molecular complexity index is 1110. The second-order valence-corrected chi connectivity index (χ2v) is 10.6. The third kappa shape index (κ3) is 5.51. The molecule has 0 spiro atoms. The minimum atomic E-state index is -3.24. The highest BCUT2D eigenvalue weighted by Crippen LogP contribution is 2.37. The highest BCUT2D eigenvalue weighted by Gasteiger charge is 2.18. The summed E-state index contributed by atoms with van der Waals surface area (Å²) in [7, 11) is -1.73. The molecule has 158 valence electrons.